The highest BCUT2D eigenvalue weighted by atomic mass is 35.5. The lowest BCUT2D eigenvalue weighted by Crippen LogP contribution is -2.00. The topological polar surface area (TPSA) is 94.3 Å². The molecule has 0 aliphatic rings. The van der Waals surface area contributed by atoms with Gasteiger partial charge in [-0.3, -0.25) is 4.79 Å². The van der Waals surface area contributed by atoms with Crippen LogP contribution < -0.4 is 11.5 Å². The zero-order valence-electron chi connectivity index (χ0n) is 17.3. The van der Waals surface area contributed by atoms with Crippen LogP contribution in [0.15, 0.2) is 60.1 Å². The Balaban J connectivity index is 1.66. The van der Waals surface area contributed by atoms with E-state index in [2.05, 4.69) is 0 Å². The molecule has 0 unspecified atom stereocenters. The van der Waals surface area contributed by atoms with Gasteiger partial charge in [-0.2, -0.15) is 0 Å². The Bertz CT molecular complexity index is 1540. The van der Waals surface area contributed by atoms with Gasteiger partial charge in [-0.1, -0.05) is 23.7 Å². The van der Waals surface area contributed by atoms with Crippen molar-refractivity contribution < 1.29 is 14.3 Å². The smallest absolute Gasteiger partial charge is 0.307 e. The molecule has 0 spiro atoms. The molecular formula is C25H19ClFN3O2S. The normalized spacial score (nSPS) is 11.5. The average molecular weight is 480 g/mol. The Kier molecular flexibility index (Phi) is 5.23. The molecule has 0 aliphatic carbocycles. The average Bonchev–Trinajstić information content (AvgIpc) is 3.28. The molecule has 166 valence electrons. The van der Waals surface area contributed by atoms with Gasteiger partial charge < -0.3 is 21.1 Å². The lowest BCUT2D eigenvalue weighted by Gasteiger charge is -2.09. The first kappa shape index (κ1) is 21.3. The predicted molar refractivity (Wildman–Crippen MR) is 133 cm³/mol. The number of thiophene rings is 1. The van der Waals surface area contributed by atoms with E-state index in [1.807, 2.05) is 46.5 Å². The molecule has 0 saturated carbocycles. The molecule has 0 aliphatic heterocycles. The van der Waals surface area contributed by atoms with Crippen molar-refractivity contribution in [1.82, 2.24) is 4.57 Å². The molecule has 2 heterocycles. The van der Waals surface area contributed by atoms with Crippen LogP contribution in [0.2, 0.25) is 5.02 Å². The van der Waals surface area contributed by atoms with E-state index in [4.69, 9.17) is 23.1 Å². The lowest BCUT2D eigenvalue weighted by atomic mass is 10.0. The van der Waals surface area contributed by atoms with Crippen LogP contribution in [-0.4, -0.2) is 15.6 Å². The molecule has 0 bridgehead atoms. The first-order chi connectivity index (χ1) is 15.8. The fourth-order valence-corrected chi connectivity index (χ4v) is 5.53. The molecule has 0 amide bonds. The number of aliphatic carboxylic acids is 1. The van der Waals surface area contributed by atoms with Gasteiger partial charge in [-0.15, -0.1) is 11.3 Å². The molecule has 33 heavy (non-hydrogen) atoms. The van der Waals surface area contributed by atoms with E-state index >= 15 is 0 Å². The fourth-order valence-electron chi connectivity index (χ4n) is 4.24. The molecular weight excluding hydrogens is 461 g/mol. The lowest BCUT2D eigenvalue weighted by molar-refractivity contribution is -0.136. The monoisotopic (exact) mass is 479 g/mol. The van der Waals surface area contributed by atoms with Crippen molar-refractivity contribution in [2.75, 3.05) is 11.5 Å². The maximum Gasteiger partial charge on any atom is 0.307 e. The van der Waals surface area contributed by atoms with Crippen LogP contribution in [0.3, 0.4) is 0 Å². The Morgan fingerprint density at radius 3 is 2.48 bits per heavy atom. The number of nitrogen functional groups attached to an aromatic ring is 2. The van der Waals surface area contributed by atoms with E-state index in [9.17, 15) is 14.3 Å². The maximum absolute atomic E-state index is 14.0. The number of carboxylic acids is 1. The molecule has 5 nitrogen and oxygen atoms in total. The molecule has 3 aromatic carbocycles. The van der Waals surface area contributed by atoms with E-state index in [1.165, 1.54) is 23.5 Å². The van der Waals surface area contributed by atoms with Gasteiger partial charge in [-0.25, -0.2) is 4.39 Å². The summed E-state index contributed by atoms with van der Waals surface area (Å²) in [7, 11) is 0. The number of hydrogen-bond acceptors (Lipinski definition) is 4. The molecule has 0 saturated heterocycles. The zero-order valence-corrected chi connectivity index (χ0v) is 18.9. The summed E-state index contributed by atoms with van der Waals surface area (Å²) in [5.41, 5.74) is 17.3. The van der Waals surface area contributed by atoms with Gasteiger partial charge in [0.05, 0.1) is 16.1 Å². The van der Waals surface area contributed by atoms with Gasteiger partial charge in [0.1, 0.15) is 5.82 Å². The summed E-state index contributed by atoms with van der Waals surface area (Å²) in [5.74, 6) is -1.30. The highest BCUT2D eigenvalue weighted by molar-refractivity contribution is 7.18. The van der Waals surface area contributed by atoms with Gasteiger partial charge >= 0.3 is 5.97 Å². The fraction of sp³-hybridized carbons (Fsp3) is 0.0800. The van der Waals surface area contributed by atoms with Crippen molar-refractivity contribution in [3.63, 3.8) is 0 Å². The van der Waals surface area contributed by atoms with Gasteiger partial charge in [0.2, 0.25) is 0 Å². The summed E-state index contributed by atoms with van der Waals surface area (Å²) in [4.78, 5) is 11.5. The Hall–Kier alpha value is -3.55. The number of fused-ring (bicyclic) bond motifs is 2. The summed E-state index contributed by atoms with van der Waals surface area (Å²) in [6.07, 6.45) is 1.75. The molecule has 0 atom stereocenters. The number of carbonyl (C=O) groups is 1. The van der Waals surface area contributed by atoms with Crippen molar-refractivity contribution in [3.05, 3.63) is 82.1 Å². The summed E-state index contributed by atoms with van der Waals surface area (Å²) in [6.45, 7) is 0.443. The van der Waals surface area contributed by atoms with Crippen molar-refractivity contribution in [1.29, 1.82) is 0 Å². The molecule has 5 rings (SSSR count). The third-order valence-corrected chi connectivity index (χ3v) is 7.12. The van der Waals surface area contributed by atoms with Crippen LogP contribution in [-0.2, 0) is 17.8 Å². The zero-order chi connectivity index (χ0) is 23.3. The number of nitrogens with zero attached hydrogens (tertiary/aromatic N) is 1. The largest absolute Gasteiger partial charge is 0.481 e. The summed E-state index contributed by atoms with van der Waals surface area (Å²) in [6, 6.07) is 14.0. The van der Waals surface area contributed by atoms with Crippen LogP contribution in [0.4, 0.5) is 15.8 Å². The quantitative estimate of drug-likeness (QED) is 0.263. The molecule has 0 radical (unpaired) electrons. The van der Waals surface area contributed by atoms with E-state index in [1.54, 1.807) is 6.07 Å². The minimum atomic E-state index is -0.906. The summed E-state index contributed by atoms with van der Waals surface area (Å²) >= 11 is 7.69. The standard InChI is InChI=1S/C25H19ClFN3O2S/c26-22-8-17(27)7-21-16(12-33-25(21)22)11-30-10-15(6-24(31)32)20-2-1-13(5-23(20)30)14-3-18(28)9-19(29)4-14/h1-5,7-10,12H,6,11,28-29H2,(H,31,32). The number of aromatic nitrogens is 1. The Morgan fingerprint density at radius 1 is 1.00 bits per heavy atom. The van der Waals surface area contributed by atoms with E-state index in [0.29, 0.717) is 28.5 Å². The number of hydrogen-bond donors (Lipinski definition) is 3. The van der Waals surface area contributed by atoms with Crippen LogP contribution in [0, 0.1) is 5.82 Å². The van der Waals surface area contributed by atoms with Crippen LogP contribution in [0.25, 0.3) is 32.1 Å². The van der Waals surface area contributed by atoms with Crippen LogP contribution in [0.1, 0.15) is 11.1 Å². The first-order valence-corrected chi connectivity index (χ1v) is 11.4. The van der Waals surface area contributed by atoms with Crippen molar-refractivity contribution in [3.8, 4) is 11.1 Å². The van der Waals surface area contributed by atoms with Crippen molar-refractivity contribution in [2.45, 2.75) is 13.0 Å². The number of rotatable bonds is 5. The van der Waals surface area contributed by atoms with Crippen molar-refractivity contribution >= 4 is 61.3 Å². The highest BCUT2D eigenvalue weighted by Gasteiger charge is 2.16. The van der Waals surface area contributed by atoms with Gasteiger partial charge in [0.15, 0.2) is 0 Å². The van der Waals surface area contributed by atoms with E-state index in [-0.39, 0.29) is 6.42 Å². The molecule has 5 N–H and O–H groups in total. The second-order valence-electron chi connectivity index (χ2n) is 8.00. The number of halogens is 2. The number of anilines is 2. The second-order valence-corrected chi connectivity index (χ2v) is 9.29. The molecule has 5 aromatic rings. The number of benzene rings is 3. The third-order valence-electron chi connectivity index (χ3n) is 5.63. The number of carboxylic acid groups (broad SMARTS) is 1. The minimum Gasteiger partial charge on any atom is -0.481 e. The Morgan fingerprint density at radius 2 is 1.76 bits per heavy atom. The highest BCUT2D eigenvalue weighted by Crippen LogP contribution is 2.35. The summed E-state index contributed by atoms with van der Waals surface area (Å²) in [5, 5.41) is 13.3. The second kappa shape index (κ2) is 8.10. The summed E-state index contributed by atoms with van der Waals surface area (Å²) < 4.78 is 16.8. The predicted octanol–water partition coefficient (Wildman–Crippen LogP) is 6.16. The van der Waals surface area contributed by atoms with Crippen LogP contribution >= 0.6 is 22.9 Å². The third kappa shape index (κ3) is 4.01. The van der Waals surface area contributed by atoms with Gasteiger partial charge in [0.25, 0.3) is 0 Å². The Labute approximate surface area is 197 Å². The number of nitrogens with two attached hydrogens (primary N) is 2. The molecule has 2 aromatic heterocycles. The molecule has 0 fully saturated rings. The van der Waals surface area contributed by atoms with Crippen LogP contribution in [0.5, 0.6) is 0 Å². The molecule has 8 heteroatoms. The first-order valence-electron chi connectivity index (χ1n) is 10.1. The SMILES string of the molecule is Nc1cc(N)cc(-c2ccc3c(CC(=O)O)cn(Cc4csc5c(Cl)cc(F)cc45)c3c2)c1. The van der Waals surface area contributed by atoms with Gasteiger partial charge in [-0.05, 0) is 64.0 Å². The maximum atomic E-state index is 14.0. The van der Waals surface area contributed by atoms with Gasteiger partial charge in [0, 0.05) is 40.4 Å². The van der Waals surface area contributed by atoms with Crippen molar-refractivity contribution in [2.24, 2.45) is 0 Å². The van der Waals surface area contributed by atoms with E-state index < -0.39 is 11.8 Å². The van der Waals surface area contributed by atoms with E-state index in [0.717, 1.165) is 37.7 Å². The minimum absolute atomic E-state index is 0.0983.